The Morgan fingerprint density at radius 1 is 1.22 bits per heavy atom. The molecule has 1 saturated carbocycles. The van der Waals surface area contributed by atoms with Crippen LogP contribution in [0.1, 0.15) is 38.3 Å². The molecule has 3 rings (SSSR count). The molecule has 0 spiro atoms. The Bertz CT molecular complexity index is 373. The van der Waals surface area contributed by atoms with Crippen LogP contribution in [0.5, 0.6) is 0 Å². The molecule has 0 aromatic carbocycles. The first-order valence-electron chi connectivity index (χ1n) is 7.48. The van der Waals surface area contributed by atoms with Gasteiger partial charge in [-0.3, -0.25) is 0 Å². The Balaban J connectivity index is 1.44. The number of nitrogens with one attached hydrogen (secondary N) is 1. The predicted molar refractivity (Wildman–Crippen MR) is 74.6 cm³/mol. The molecule has 2 heterocycles. The maximum atomic E-state index is 3.73. The van der Waals surface area contributed by atoms with E-state index < -0.39 is 0 Å². The second kappa shape index (κ2) is 5.45. The van der Waals surface area contributed by atoms with Gasteiger partial charge in [0.05, 0.1) is 0 Å². The lowest BCUT2D eigenvalue weighted by atomic mass is 10.0. The molecule has 1 aromatic rings. The summed E-state index contributed by atoms with van der Waals surface area (Å²) in [6.45, 7) is 6.91. The molecule has 0 atom stereocenters. The average Bonchev–Trinajstić information content (AvgIpc) is 3.16. The van der Waals surface area contributed by atoms with Crippen LogP contribution < -0.4 is 5.32 Å². The van der Waals surface area contributed by atoms with Crippen LogP contribution in [0.2, 0.25) is 0 Å². The van der Waals surface area contributed by atoms with E-state index >= 15 is 0 Å². The lowest BCUT2D eigenvalue weighted by Crippen LogP contribution is -2.43. The molecule has 1 N–H and O–H groups in total. The fraction of sp³-hybridized carbons (Fsp3) is 0.733. The number of nitrogens with zero attached hydrogens (tertiary/aromatic N) is 2. The number of aryl methyl sites for hydroxylation is 1. The summed E-state index contributed by atoms with van der Waals surface area (Å²) in [5.74, 6) is 0. The minimum absolute atomic E-state index is 0.722. The summed E-state index contributed by atoms with van der Waals surface area (Å²) in [5, 5.41) is 3.73. The lowest BCUT2D eigenvalue weighted by Gasteiger charge is -2.32. The van der Waals surface area contributed by atoms with Gasteiger partial charge in [0.15, 0.2) is 0 Å². The van der Waals surface area contributed by atoms with Crippen LogP contribution in [0.15, 0.2) is 18.3 Å². The molecule has 1 aromatic heterocycles. The SMILES string of the molecule is CCn1cccc1CNC1CCN(C2CC2)CC1. The van der Waals surface area contributed by atoms with Gasteiger partial charge in [0, 0.05) is 37.1 Å². The molecule has 3 nitrogen and oxygen atoms in total. The Morgan fingerprint density at radius 3 is 2.67 bits per heavy atom. The molecule has 0 unspecified atom stereocenters. The number of likely N-dealkylation sites (tertiary alicyclic amines) is 1. The van der Waals surface area contributed by atoms with Crippen molar-refractivity contribution in [3.05, 3.63) is 24.0 Å². The smallest absolute Gasteiger partial charge is 0.0361 e. The molecule has 18 heavy (non-hydrogen) atoms. The van der Waals surface area contributed by atoms with Crippen LogP contribution in [0.4, 0.5) is 0 Å². The fourth-order valence-electron chi connectivity index (χ4n) is 3.08. The number of piperidine rings is 1. The number of hydrogen-bond donors (Lipinski definition) is 1. The fourth-order valence-corrected chi connectivity index (χ4v) is 3.08. The monoisotopic (exact) mass is 247 g/mol. The molecule has 0 bridgehead atoms. The van der Waals surface area contributed by atoms with Crippen molar-refractivity contribution in [2.24, 2.45) is 0 Å². The summed E-state index contributed by atoms with van der Waals surface area (Å²) in [6.07, 6.45) is 7.71. The minimum Gasteiger partial charge on any atom is -0.351 e. The van der Waals surface area contributed by atoms with Gasteiger partial charge in [0.1, 0.15) is 0 Å². The molecule has 2 fully saturated rings. The summed E-state index contributed by atoms with van der Waals surface area (Å²) in [5.41, 5.74) is 1.42. The molecule has 2 aliphatic rings. The van der Waals surface area contributed by atoms with Crippen molar-refractivity contribution in [3.8, 4) is 0 Å². The van der Waals surface area contributed by atoms with Crippen molar-refractivity contribution >= 4 is 0 Å². The average molecular weight is 247 g/mol. The normalized spacial score (nSPS) is 22.5. The van der Waals surface area contributed by atoms with Crippen molar-refractivity contribution in [3.63, 3.8) is 0 Å². The standard InChI is InChI=1S/C15H25N3/c1-2-17-9-3-4-15(17)12-16-13-7-10-18(11-8-13)14-5-6-14/h3-4,9,13-14,16H,2,5-8,10-12H2,1H3. The first-order valence-corrected chi connectivity index (χ1v) is 7.48. The number of rotatable bonds is 5. The zero-order valence-electron chi connectivity index (χ0n) is 11.4. The molecular formula is C15H25N3. The quantitative estimate of drug-likeness (QED) is 0.861. The van der Waals surface area contributed by atoms with Crippen LogP contribution in [0.25, 0.3) is 0 Å². The lowest BCUT2D eigenvalue weighted by molar-refractivity contribution is 0.188. The Morgan fingerprint density at radius 2 is 2.00 bits per heavy atom. The third-order valence-corrected chi connectivity index (χ3v) is 4.43. The molecule has 0 amide bonds. The van der Waals surface area contributed by atoms with Crippen LogP contribution in [-0.2, 0) is 13.1 Å². The predicted octanol–water partition coefficient (Wildman–Crippen LogP) is 2.22. The highest BCUT2D eigenvalue weighted by Crippen LogP contribution is 2.29. The molecule has 1 aliphatic heterocycles. The molecule has 0 radical (unpaired) electrons. The maximum Gasteiger partial charge on any atom is 0.0361 e. The first-order chi connectivity index (χ1) is 8.86. The Hall–Kier alpha value is -0.800. The second-order valence-corrected chi connectivity index (χ2v) is 5.71. The van der Waals surface area contributed by atoms with E-state index in [2.05, 4.69) is 40.0 Å². The highest BCUT2D eigenvalue weighted by molar-refractivity contribution is 5.07. The van der Waals surface area contributed by atoms with Gasteiger partial charge in [0.25, 0.3) is 0 Å². The van der Waals surface area contributed by atoms with E-state index in [-0.39, 0.29) is 0 Å². The van der Waals surface area contributed by atoms with Crippen molar-refractivity contribution in [1.82, 2.24) is 14.8 Å². The summed E-state index contributed by atoms with van der Waals surface area (Å²) >= 11 is 0. The molecule has 3 heteroatoms. The molecule has 1 saturated heterocycles. The highest BCUT2D eigenvalue weighted by Gasteiger charge is 2.31. The van der Waals surface area contributed by atoms with Gasteiger partial charge in [-0.1, -0.05) is 0 Å². The molecular weight excluding hydrogens is 222 g/mol. The zero-order chi connectivity index (χ0) is 12.4. The van der Waals surface area contributed by atoms with Crippen LogP contribution >= 0.6 is 0 Å². The van der Waals surface area contributed by atoms with Gasteiger partial charge in [-0.15, -0.1) is 0 Å². The van der Waals surface area contributed by atoms with E-state index in [1.807, 2.05) is 0 Å². The van der Waals surface area contributed by atoms with Crippen molar-refractivity contribution < 1.29 is 0 Å². The van der Waals surface area contributed by atoms with E-state index in [0.29, 0.717) is 0 Å². The third kappa shape index (κ3) is 2.78. The zero-order valence-corrected chi connectivity index (χ0v) is 11.4. The van der Waals surface area contributed by atoms with Crippen LogP contribution in [0, 0.1) is 0 Å². The van der Waals surface area contributed by atoms with E-state index in [9.17, 15) is 0 Å². The first kappa shape index (κ1) is 12.2. The second-order valence-electron chi connectivity index (χ2n) is 5.71. The summed E-state index contributed by atoms with van der Waals surface area (Å²) in [6, 6.07) is 6.05. The maximum absolute atomic E-state index is 3.73. The van der Waals surface area contributed by atoms with Crippen molar-refractivity contribution in [2.75, 3.05) is 13.1 Å². The van der Waals surface area contributed by atoms with Gasteiger partial charge >= 0.3 is 0 Å². The number of hydrogen-bond acceptors (Lipinski definition) is 2. The third-order valence-electron chi connectivity index (χ3n) is 4.43. The van der Waals surface area contributed by atoms with E-state index in [1.165, 1.54) is 44.5 Å². The van der Waals surface area contributed by atoms with Gasteiger partial charge in [-0.05, 0) is 57.8 Å². The summed E-state index contributed by atoms with van der Waals surface area (Å²) < 4.78 is 2.33. The van der Waals surface area contributed by atoms with Crippen molar-refractivity contribution in [2.45, 2.75) is 57.8 Å². The summed E-state index contributed by atoms with van der Waals surface area (Å²) in [7, 11) is 0. The number of aromatic nitrogens is 1. The van der Waals surface area contributed by atoms with Gasteiger partial charge < -0.3 is 14.8 Å². The van der Waals surface area contributed by atoms with E-state index in [4.69, 9.17) is 0 Å². The van der Waals surface area contributed by atoms with Gasteiger partial charge in [-0.2, -0.15) is 0 Å². The topological polar surface area (TPSA) is 20.2 Å². The van der Waals surface area contributed by atoms with Gasteiger partial charge in [-0.25, -0.2) is 0 Å². The minimum atomic E-state index is 0.722. The van der Waals surface area contributed by atoms with Crippen LogP contribution in [0.3, 0.4) is 0 Å². The molecule has 100 valence electrons. The Labute approximate surface area is 110 Å². The van der Waals surface area contributed by atoms with Crippen molar-refractivity contribution in [1.29, 1.82) is 0 Å². The summed E-state index contributed by atoms with van der Waals surface area (Å²) in [4.78, 5) is 2.69. The molecule has 1 aliphatic carbocycles. The largest absolute Gasteiger partial charge is 0.351 e. The van der Waals surface area contributed by atoms with Gasteiger partial charge in [0.2, 0.25) is 0 Å². The van der Waals surface area contributed by atoms with E-state index in [0.717, 1.165) is 25.2 Å². The van der Waals surface area contributed by atoms with E-state index in [1.54, 1.807) is 0 Å². The highest BCUT2D eigenvalue weighted by atomic mass is 15.2. The van der Waals surface area contributed by atoms with Crippen LogP contribution in [-0.4, -0.2) is 34.6 Å². The Kier molecular flexibility index (Phi) is 3.71.